The van der Waals surface area contributed by atoms with E-state index < -0.39 is 0 Å². The first-order valence-corrected chi connectivity index (χ1v) is 6.14. The number of hydrogen-bond acceptors (Lipinski definition) is 2. The summed E-state index contributed by atoms with van der Waals surface area (Å²) in [6, 6.07) is 5.97. The van der Waals surface area contributed by atoms with Crippen LogP contribution in [0.25, 0.3) is 0 Å². The zero-order valence-electron chi connectivity index (χ0n) is 11.0. The lowest BCUT2D eigenvalue weighted by molar-refractivity contribution is 0.704. The SMILES string of the molecule is C/C=C/C(C)C/C(C)=C/NCc1ccccn1. The molecule has 0 saturated carbocycles. The first-order valence-electron chi connectivity index (χ1n) is 6.14. The molecule has 2 heteroatoms. The second-order valence-electron chi connectivity index (χ2n) is 4.40. The third-order valence-corrected chi connectivity index (χ3v) is 2.52. The van der Waals surface area contributed by atoms with E-state index in [1.807, 2.05) is 24.4 Å². The average Bonchev–Trinajstić information content (AvgIpc) is 2.30. The van der Waals surface area contributed by atoms with Crippen molar-refractivity contribution in [1.82, 2.24) is 10.3 Å². The van der Waals surface area contributed by atoms with Crippen molar-refractivity contribution in [1.29, 1.82) is 0 Å². The van der Waals surface area contributed by atoms with Gasteiger partial charge in [0, 0.05) is 6.20 Å². The Bertz CT molecular complexity index is 366. The Morgan fingerprint density at radius 2 is 2.29 bits per heavy atom. The summed E-state index contributed by atoms with van der Waals surface area (Å²) >= 11 is 0. The van der Waals surface area contributed by atoms with Gasteiger partial charge < -0.3 is 5.32 Å². The van der Waals surface area contributed by atoms with Crippen molar-refractivity contribution in [2.24, 2.45) is 5.92 Å². The third kappa shape index (κ3) is 5.91. The number of hydrogen-bond donors (Lipinski definition) is 1. The molecule has 0 fully saturated rings. The molecule has 1 aromatic heterocycles. The largest absolute Gasteiger partial charge is 0.385 e. The Balaban J connectivity index is 2.33. The summed E-state index contributed by atoms with van der Waals surface area (Å²) in [7, 11) is 0. The minimum atomic E-state index is 0.605. The number of allylic oxidation sites excluding steroid dienone is 3. The van der Waals surface area contributed by atoms with Crippen LogP contribution in [-0.4, -0.2) is 4.98 Å². The van der Waals surface area contributed by atoms with Crippen molar-refractivity contribution in [3.05, 3.63) is 54.0 Å². The summed E-state index contributed by atoms with van der Waals surface area (Å²) in [5, 5.41) is 3.30. The standard InChI is InChI=1S/C15H22N2/c1-4-7-13(2)10-14(3)11-16-12-15-8-5-6-9-17-15/h4-9,11,13,16H,10,12H2,1-3H3/b7-4+,14-11+. The van der Waals surface area contributed by atoms with Gasteiger partial charge in [-0.1, -0.05) is 30.7 Å². The van der Waals surface area contributed by atoms with Gasteiger partial charge in [-0.2, -0.15) is 0 Å². The second kappa shape index (κ2) is 7.66. The smallest absolute Gasteiger partial charge is 0.0594 e. The highest BCUT2D eigenvalue weighted by Crippen LogP contribution is 2.11. The molecule has 1 heterocycles. The van der Waals surface area contributed by atoms with Crippen molar-refractivity contribution in [2.45, 2.75) is 33.7 Å². The molecular formula is C15H22N2. The van der Waals surface area contributed by atoms with Crippen LogP contribution in [0.15, 0.2) is 48.3 Å². The van der Waals surface area contributed by atoms with Gasteiger partial charge in [0.1, 0.15) is 0 Å². The quantitative estimate of drug-likeness (QED) is 0.754. The Labute approximate surface area is 104 Å². The van der Waals surface area contributed by atoms with E-state index in [0.717, 1.165) is 18.7 Å². The van der Waals surface area contributed by atoms with E-state index in [-0.39, 0.29) is 0 Å². The van der Waals surface area contributed by atoms with E-state index in [9.17, 15) is 0 Å². The number of nitrogens with one attached hydrogen (secondary N) is 1. The van der Waals surface area contributed by atoms with Crippen LogP contribution in [0.3, 0.4) is 0 Å². The molecule has 1 N–H and O–H groups in total. The van der Waals surface area contributed by atoms with Crippen LogP contribution in [0, 0.1) is 5.92 Å². The minimum Gasteiger partial charge on any atom is -0.385 e. The summed E-state index contributed by atoms with van der Waals surface area (Å²) in [6.07, 6.45) is 9.35. The van der Waals surface area contributed by atoms with E-state index >= 15 is 0 Å². The molecule has 92 valence electrons. The zero-order valence-corrected chi connectivity index (χ0v) is 11.0. The zero-order chi connectivity index (χ0) is 12.5. The van der Waals surface area contributed by atoms with Crippen molar-refractivity contribution >= 4 is 0 Å². The fourth-order valence-electron chi connectivity index (χ4n) is 1.80. The highest BCUT2D eigenvalue weighted by molar-refractivity contribution is 5.05. The van der Waals surface area contributed by atoms with Gasteiger partial charge in [0.25, 0.3) is 0 Å². The minimum absolute atomic E-state index is 0.605. The van der Waals surface area contributed by atoms with Gasteiger partial charge in [-0.25, -0.2) is 0 Å². The van der Waals surface area contributed by atoms with Crippen LogP contribution >= 0.6 is 0 Å². The van der Waals surface area contributed by atoms with Crippen LogP contribution in [0.2, 0.25) is 0 Å². The summed E-state index contributed by atoms with van der Waals surface area (Å²) in [4.78, 5) is 4.26. The van der Waals surface area contributed by atoms with Gasteiger partial charge >= 0.3 is 0 Å². The first-order chi connectivity index (χ1) is 8.22. The fourth-order valence-corrected chi connectivity index (χ4v) is 1.80. The lowest BCUT2D eigenvalue weighted by atomic mass is 10.0. The molecule has 0 aliphatic heterocycles. The van der Waals surface area contributed by atoms with Gasteiger partial charge in [-0.05, 0) is 44.5 Å². The monoisotopic (exact) mass is 230 g/mol. The van der Waals surface area contributed by atoms with Crippen LogP contribution < -0.4 is 5.32 Å². The summed E-state index contributed by atoms with van der Waals surface area (Å²) in [5.41, 5.74) is 2.43. The maximum Gasteiger partial charge on any atom is 0.0594 e. The fraction of sp³-hybridized carbons (Fsp3) is 0.400. The van der Waals surface area contributed by atoms with Crippen LogP contribution in [0.4, 0.5) is 0 Å². The van der Waals surface area contributed by atoms with Crippen LogP contribution in [0.5, 0.6) is 0 Å². The molecule has 0 radical (unpaired) electrons. The van der Waals surface area contributed by atoms with Gasteiger partial charge in [0.15, 0.2) is 0 Å². The summed E-state index contributed by atoms with van der Waals surface area (Å²) in [5.74, 6) is 0.605. The molecule has 0 aromatic carbocycles. The van der Waals surface area contributed by atoms with Crippen molar-refractivity contribution < 1.29 is 0 Å². The molecular weight excluding hydrogens is 208 g/mol. The van der Waals surface area contributed by atoms with Gasteiger partial charge in [0.2, 0.25) is 0 Å². The molecule has 0 aliphatic carbocycles. The van der Waals surface area contributed by atoms with E-state index in [1.165, 1.54) is 5.57 Å². The Kier molecular flexibility index (Phi) is 6.08. The first kappa shape index (κ1) is 13.5. The number of rotatable bonds is 6. The third-order valence-electron chi connectivity index (χ3n) is 2.52. The van der Waals surface area contributed by atoms with Crippen molar-refractivity contribution in [3.63, 3.8) is 0 Å². The molecule has 17 heavy (non-hydrogen) atoms. The Hall–Kier alpha value is -1.57. The number of aromatic nitrogens is 1. The highest BCUT2D eigenvalue weighted by Gasteiger charge is 1.97. The normalized spacial score (nSPS) is 13.9. The molecule has 1 atom stereocenters. The molecule has 0 aliphatic rings. The second-order valence-corrected chi connectivity index (χ2v) is 4.40. The molecule has 0 amide bonds. The van der Waals surface area contributed by atoms with Crippen LogP contribution in [0.1, 0.15) is 32.9 Å². The summed E-state index contributed by atoms with van der Waals surface area (Å²) in [6.45, 7) is 7.24. The van der Waals surface area contributed by atoms with E-state index in [0.29, 0.717) is 5.92 Å². The molecule has 1 unspecified atom stereocenters. The van der Waals surface area contributed by atoms with E-state index in [2.05, 4.69) is 49.4 Å². The predicted octanol–water partition coefficient (Wildman–Crippen LogP) is 3.68. The van der Waals surface area contributed by atoms with Crippen molar-refractivity contribution in [2.75, 3.05) is 0 Å². The molecule has 1 rings (SSSR count). The van der Waals surface area contributed by atoms with Crippen molar-refractivity contribution in [3.8, 4) is 0 Å². The highest BCUT2D eigenvalue weighted by atomic mass is 14.9. The van der Waals surface area contributed by atoms with Crippen LogP contribution in [-0.2, 0) is 6.54 Å². The van der Waals surface area contributed by atoms with E-state index in [4.69, 9.17) is 0 Å². The lowest BCUT2D eigenvalue weighted by Gasteiger charge is -2.07. The Morgan fingerprint density at radius 1 is 1.47 bits per heavy atom. The number of nitrogens with zero attached hydrogens (tertiary/aromatic N) is 1. The predicted molar refractivity (Wildman–Crippen MR) is 73.4 cm³/mol. The number of pyridine rings is 1. The Morgan fingerprint density at radius 3 is 2.94 bits per heavy atom. The molecule has 0 saturated heterocycles. The maximum absolute atomic E-state index is 4.26. The van der Waals surface area contributed by atoms with Gasteiger partial charge in [0.05, 0.1) is 12.2 Å². The van der Waals surface area contributed by atoms with E-state index in [1.54, 1.807) is 0 Å². The van der Waals surface area contributed by atoms with Gasteiger partial charge in [-0.3, -0.25) is 4.98 Å². The summed E-state index contributed by atoms with van der Waals surface area (Å²) < 4.78 is 0. The topological polar surface area (TPSA) is 24.9 Å². The molecule has 1 aromatic rings. The average molecular weight is 230 g/mol. The molecule has 2 nitrogen and oxygen atoms in total. The lowest BCUT2D eigenvalue weighted by Crippen LogP contribution is -2.07. The molecule has 0 spiro atoms. The van der Waals surface area contributed by atoms with Gasteiger partial charge in [-0.15, -0.1) is 0 Å². The maximum atomic E-state index is 4.26. The molecule has 0 bridgehead atoms.